The summed E-state index contributed by atoms with van der Waals surface area (Å²) in [4.78, 5) is 0. The van der Waals surface area contributed by atoms with Crippen LogP contribution in [0.25, 0.3) is 11.1 Å². The van der Waals surface area contributed by atoms with E-state index in [0.717, 1.165) is 17.9 Å². The molecule has 0 N–H and O–H groups in total. The zero-order valence-electron chi connectivity index (χ0n) is 10.3. The Hall–Kier alpha value is 0.360. The molecule has 0 nitrogen and oxygen atoms in total. The van der Waals surface area contributed by atoms with Gasteiger partial charge in [-0.2, -0.15) is 0 Å². The molecule has 0 fully saturated rings. The van der Waals surface area contributed by atoms with Gasteiger partial charge in [-0.25, -0.2) is 0 Å². The number of hydrogen-bond donors (Lipinski definition) is 0. The smallest absolute Gasteiger partial charge is 0.0399 e. The molecule has 0 spiro atoms. The molecule has 98 valence electrons. The minimum atomic E-state index is -0.0793. The van der Waals surface area contributed by atoms with E-state index < -0.39 is 0 Å². The van der Waals surface area contributed by atoms with E-state index in [1.807, 2.05) is 0 Å². The lowest BCUT2D eigenvalue weighted by molar-refractivity contribution is 0.634. The lowest BCUT2D eigenvalue weighted by Gasteiger charge is -2.28. The second kappa shape index (κ2) is 4.69. The number of rotatable bonds is 0. The molecule has 2 aromatic carbocycles. The number of hydrogen-bond acceptors (Lipinski definition) is 0. The number of benzene rings is 2. The van der Waals surface area contributed by atoms with E-state index in [9.17, 15) is 0 Å². The summed E-state index contributed by atoms with van der Waals surface area (Å²) in [5.41, 5.74) is 4.86. The molecule has 2 aromatic rings. The number of halogens is 4. The Morgan fingerprint density at radius 3 is 1.37 bits per heavy atom. The van der Waals surface area contributed by atoms with Gasteiger partial charge in [-0.05, 0) is 86.0 Å². The van der Waals surface area contributed by atoms with E-state index in [0.29, 0.717) is 0 Å². The van der Waals surface area contributed by atoms with Crippen molar-refractivity contribution in [1.82, 2.24) is 0 Å². The van der Waals surface area contributed by atoms with E-state index in [1.165, 1.54) is 22.3 Å². The summed E-state index contributed by atoms with van der Waals surface area (Å²) in [7, 11) is 0. The molecule has 0 radical (unpaired) electrons. The van der Waals surface area contributed by atoms with Crippen LogP contribution in [-0.4, -0.2) is 0 Å². The third-order valence-electron chi connectivity index (χ3n) is 3.80. The van der Waals surface area contributed by atoms with E-state index in [2.05, 4.69) is 102 Å². The van der Waals surface area contributed by atoms with Gasteiger partial charge in [0, 0.05) is 23.3 Å². The molecule has 19 heavy (non-hydrogen) atoms. The first-order valence-electron chi connectivity index (χ1n) is 5.83. The van der Waals surface area contributed by atoms with Gasteiger partial charge < -0.3 is 0 Å². The largest absolute Gasteiger partial charge is 0.0563 e. The van der Waals surface area contributed by atoms with Crippen molar-refractivity contribution in [2.75, 3.05) is 0 Å². The fraction of sp³-hybridized carbons (Fsp3) is 0.200. The molecule has 0 atom stereocenters. The van der Waals surface area contributed by atoms with E-state index in [-0.39, 0.29) is 5.41 Å². The minimum Gasteiger partial charge on any atom is -0.0563 e. The van der Waals surface area contributed by atoms with Crippen molar-refractivity contribution >= 4 is 63.7 Å². The fourth-order valence-corrected chi connectivity index (χ4v) is 5.43. The zero-order valence-corrected chi connectivity index (χ0v) is 16.7. The van der Waals surface area contributed by atoms with E-state index >= 15 is 0 Å². The van der Waals surface area contributed by atoms with Gasteiger partial charge in [0.15, 0.2) is 0 Å². The first-order chi connectivity index (χ1) is 8.85. The van der Waals surface area contributed by atoms with Gasteiger partial charge in [0.2, 0.25) is 0 Å². The van der Waals surface area contributed by atoms with Crippen LogP contribution in [0, 0.1) is 0 Å². The lowest BCUT2D eigenvalue weighted by Crippen LogP contribution is -2.20. The molecule has 4 aliphatic carbocycles. The first-order valence-corrected chi connectivity index (χ1v) is 9.00. The fourth-order valence-electron chi connectivity index (χ4n) is 2.63. The quantitative estimate of drug-likeness (QED) is 0.357. The third kappa shape index (κ3) is 1.94. The van der Waals surface area contributed by atoms with Crippen LogP contribution >= 0.6 is 63.7 Å². The summed E-state index contributed by atoms with van der Waals surface area (Å²) in [6.45, 7) is 4.49. The molecule has 0 aliphatic heterocycles. The summed E-state index contributed by atoms with van der Waals surface area (Å²) in [6, 6.07) is 8.79. The van der Waals surface area contributed by atoms with E-state index in [4.69, 9.17) is 0 Å². The SMILES string of the molecule is CC1(C)c2ccc(c(Br)c2Br)-c2ccc1c(Br)c2Br. The highest BCUT2D eigenvalue weighted by Crippen LogP contribution is 2.50. The highest BCUT2D eigenvalue weighted by Gasteiger charge is 2.32. The van der Waals surface area contributed by atoms with Gasteiger partial charge in [0.1, 0.15) is 0 Å². The molecule has 4 aliphatic rings. The monoisotopic (exact) mass is 506 g/mol. The Bertz CT molecular complexity index is 642. The second-order valence-electron chi connectivity index (χ2n) is 5.20. The average molecular weight is 510 g/mol. The lowest BCUT2D eigenvalue weighted by atomic mass is 9.79. The predicted octanol–water partition coefficient (Wildman–Crippen LogP) is 7.04. The van der Waals surface area contributed by atoms with Gasteiger partial charge >= 0.3 is 0 Å². The van der Waals surface area contributed by atoms with Crippen molar-refractivity contribution < 1.29 is 0 Å². The molecule has 0 saturated carbocycles. The maximum absolute atomic E-state index is 3.75. The third-order valence-corrected chi connectivity index (χ3v) is 8.16. The van der Waals surface area contributed by atoms with Gasteiger partial charge in [-0.1, -0.05) is 38.1 Å². The van der Waals surface area contributed by atoms with Gasteiger partial charge in [0.05, 0.1) is 0 Å². The standard InChI is InChI=1S/C15H10Br4/c1-15(2)9-5-3-7(11(16)13(9)18)8-4-6-10(15)14(19)12(8)17/h3-6H,1-2H3. The molecule has 4 bridgehead atoms. The highest BCUT2D eigenvalue weighted by atomic mass is 79.9. The predicted molar refractivity (Wildman–Crippen MR) is 94.8 cm³/mol. The average Bonchev–Trinajstić information content (AvgIpc) is 2.43. The Kier molecular flexibility index (Phi) is 3.53. The molecule has 0 aromatic heterocycles. The molecule has 6 rings (SSSR count). The van der Waals surface area contributed by atoms with Crippen molar-refractivity contribution in [1.29, 1.82) is 0 Å². The summed E-state index contributed by atoms with van der Waals surface area (Å²) >= 11 is 15.0. The summed E-state index contributed by atoms with van der Waals surface area (Å²) < 4.78 is 4.49. The van der Waals surface area contributed by atoms with Crippen LogP contribution in [0.1, 0.15) is 25.0 Å². The zero-order chi connectivity index (χ0) is 13.9. The van der Waals surface area contributed by atoms with Crippen LogP contribution in [0.15, 0.2) is 42.2 Å². The van der Waals surface area contributed by atoms with Crippen molar-refractivity contribution in [3.63, 3.8) is 0 Å². The summed E-state index contributed by atoms with van der Waals surface area (Å²) in [5.74, 6) is 0. The van der Waals surface area contributed by atoms with Crippen LogP contribution < -0.4 is 0 Å². The molecule has 4 heteroatoms. The van der Waals surface area contributed by atoms with Crippen LogP contribution in [0.4, 0.5) is 0 Å². The molecule has 0 amide bonds. The van der Waals surface area contributed by atoms with Crippen LogP contribution in [0.5, 0.6) is 0 Å². The van der Waals surface area contributed by atoms with Crippen LogP contribution in [0.3, 0.4) is 0 Å². The Morgan fingerprint density at radius 1 is 0.632 bits per heavy atom. The Labute approximate surface area is 146 Å². The maximum atomic E-state index is 3.75. The van der Waals surface area contributed by atoms with Gasteiger partial charge in [0.25, 0.3) is 0 Å². The minimum absolute atomic E-state index is 0.0793. The second-order valence-corrected chi connectivity index (χ2v) is 8.37. The van der Waals surface area contributed by atoms with Crippen molar-refractivity contribution in [3.05, 3.63) is 53.3 Å². The van der Waals surface area contributed by atoms with Crippen molar-refractivity contribution in [2.24, 2.45) is 0 Å². The Balaban J connectivity index is 2.58. The topological polar surface area (TPSA) is 0 Å². The molecular formula is C15H10Br4. The van der Waals surface area contributed by atoms with Gasteiger partial charge in [-0.15, -0.1) is 0 Å². The van der Waals surface area contributed by atoms with Crippen molar-refractivity contribution in [3.8, 4) is 11.1 Å². The summed E-state index contributed by atoms with van der Waals surface area (Å²) in [5, 5.41) is 0. The van der Waals surface area contributed by atoms with Crippen LogP contribution in [-0.2, 0) is 5.41 Å². The van der Waals surface area contributed by atoms with Crippen molar-refractivity contribution in [2.45, 2.75) is 19.3 Å². The van der Waals surface area contributed by atoms with Crippen LogP contribution in [0.2, 0.25) is 0 Å². The normalized spacial score (nSPS) is 15.3. The maximum Gasteiger partial charge on any atom is 0.0399 e. The molecule has 0 heterocycles. The molecular weight excluding hydrogens is 500 g/mol. The summed E-state index contributed by atoms with van der Waals surface area (Å²) in [6.07, 6.45) is 0. The Morgan fingerprint density at radius 2 is 1.00 bits per heavy atom. The highest BCUT2D eigenvalue weighted by molar-refractivity contribution is 9.13. The molecule has 0 saturated heterocycles. The van der Waals surface area contributed by atoms with Gasteiger partial charge in [-0.3, -0.25) is 0 Å². The van der Waals surface area contributed by atoms with E-state index in [1.54, 1.807) is 0 Å². The molecule has 0 unspecified atom stereocenters. The first kappa shape index (κ1) is 14.3.